The predicted molar refractivity (Wildman–Crippen MR) is 116 cm³/mol. The van der Waals surface area contributed by atoms with Crippen LogP contribution in [0.4, 0.5) is 5.69 Å². The van der Waals surface area contributed by atoms with E-state index in [0.717, 1.165) is 53.9 Å². The van der Waals surface area contributed by atoms with Crippen molar-refractivity contribution in [1.29, 1.82) is 0 Å². The first kappa shape index (κ1) is 19.5. The molecule has 1 aliphatic rings. The van der Waals surface area contributed by atoms with Crippen LogP contribution < -0.4 is 4.90 Å². The molecule has 29 heavy (non-hydrogen) atoms. The molecule has 1 atom stereocenters. The second kappa shape index (κ2) is 7.55. The fourth-order valence-electron chi connectivity index (χ4n) is 4.15. The lowest BCUT2D eigenvalue weighted by molar-refractivity contribution is 0.0727. The Hall–Kier alpha value is -2.80. The maximum Gasteiger partial charge on any atom is 0.270 e. The van der Waals surface area contributed by atoms with Gasteiger partial charge in [-0.2, -0.15) is 5.10 Å². The predicted octanol–water partition coefficient (Wildman–Crippen LogP) is 3.01. The number of hydrogen-bond donors (Lipinski definition) is 1. The number of hydrogen-bond acceptors (Lipinski definition) is 4. The number of nitrogens with zero attached hydrogens (tertiary/aromatic N) is 5. The molecule has 1 fully saturated rings. The molecule has 1 N–H and O–H groups in total. The number of fused-ring (bicyclic) bond motifs is 1. The Bertz CT molecular complexity index is 1030. The number of carbonyl (C=O) groups excluding carboxylic acids is 1. The minimum atomic E-state index is 0.0355. The van der Waals surface area contributed by atoms with Crippen LogP contribution in [0.5, 0.6) is 0 Å². The van der Waals surface area contributed by atoms with Crippen LogP contribution in [-0.4, -0.2) is 65.2 Å². The number of benzene rings is 1. The summed E-state index contributed by atoms with van der Waals surface area (Å²) >= 11 is 0. The number of aromatic amines is 1. The van der Waals surface area contributed by atoms with Gasteiger partial charge in [0, 0.05) is 50.8 Å². The largest absolute Gasteiger partial charge is 0.378 e. The summed E-state index contributed by atoms with van der Waals surface area (Å²) in [4.78, 5) is 22.8. The Morgan fingerprint density at radius 1 is 1.21 bits per heavy atom. The zero-order chi connectivity index (χ0) is 20.7. The molecule has 0 radical (unpaired) electrons. The number of H-pyrrole nitrogens is 1. The highest BCUT2D eigenvalue weighted by molar-refractivity contribution is 5.99. The second-order valence-electron chi connectivity index (χ2n) is 8.43. The summed E-state index contributed by atoms with van der Waals surface area (Å²) in [7, 11) is 10.1. The molecule has 3 aromatic rings. The van der Waals surface area contributed by atoms with E-state index < -0.39 is 0 Å². The first-order valence-electron chi connectivity index (χ1n) is 10.1. The smallest absolute Gasteiger partial charge is 0.270 e. The van der Waals surface area contributed by atoms with Gasteiger partial charge in [0.25, 0.3) is 5.91 Å². The highest BCUT2D eigenvalue weighted by Gasteiger charge is 2.33. The summed E-state index contributed by atoms with van der Waals surface area (Å²) in [5.41, 5.74) is 4.89. The molecule has 0 bridgehead atoms. The van der Waals surface area contributed by atoms with E-state index in [4.69, 9.17) is 5.10 Å². The maximum absolute atomic E-state index is 13.3. The van der Waals surface area contributed by atoms with Crippen LogP contribution in [0.15, 0.2) is 30.3 Å². The topological polar surface area (TPSA) is 60.4 Å². The molecule has 0 aliphatic carbocycles. The Kier molecular flexibility index (Phi) is 5.08. The zero-order valence-corrected chi connectivity index (χ0v) is 17.9. The van der Waals surface area contributed by atoms with Gasteiger partial charge in [-0.25, -0.2) is 0 Å². The zero-order valence-electron chi connectivity index (χ0n) is 17.9. The molecular formula is C22H30N6O. The number of amides is 1. The number of likely N-dealkylation sites (tertiary alicyclic amines) is 1. The van der Waals surface area contributed by atoms with Gasteiger partial charge in [0.05, 0.1) is 17.4 Å². The van der Waals surface area contributed by atoms with Gasteiger partial charge in [0.2, 0.25) is 0 Å². The third kappa shape index (κ3) is 3.74. The van der Waals surface area contributed by atoms with Gasteiger partial charge in [-0.1, -0.05) is 6.07 Å². The Balaban J connectivity index is 1.60. The van der Waals surface area contributed by atoms with Gasteiger partial charge < -0.3 is 19.7 Å². The van der Waals surface area contributed by atoms with Gasteiger partial charge in [0.1, 0.15) is 5.69 Å². The molecule has 1 amide bonds. The van der Waals surface area contributed by atoms with Crippen LogP contribution in [0, 0.1) is 0 Å². The van der Waals surface area contributed by atoms with Crippen molar-refractivity contribution in [1.82, 2.24) is 24.6 Å². The van der Waals surface area contributed by atoms with Crippen molar-refractivity contribution in [3.05, 3.63) is 47.4 Å². The quantitative estimate of drug-likeness (QED) is 0.723. The fraction of sp³-hybridized carbons (Fsp3) is 0.455. The molecule has 7 nitrogen and oxygen atoms in total. The van der Waals surface area contributed by atoms with E-state index in [1.54, 1.807) is 0 Å². The van der Waals surface area contributed by atoms with Crippen molar-refractivity contribution in [3.63, 3.8) is 0 Å². The lowest BCUT2D eigenvalue weighted by Gasteiger charge is -2.22. The van der Waals surface area contributed by atoms with Crippen LogP contribution in [0.3, 0.4) is 0 Å². The number of rotatable bonds is 5. The number of carbonyl (C=O) groups is 1. The third-order valence-electron chi connectivity index (χ3n) is 5.68. The van der Waals surface area contributed by atoms with E-state index in [-0.39, 0.29) is 11.9 Å². The first-order valence-corrected chi connectivity index (χ1v) is 10.1. The van der Waals surface area contributed by atoms with Crippen LogP contribution in [0.2, 0.25) is 0 Å². The van der Waals surface area contributed by atoms with E-state index in [2.05, 4.69) is 53.1 Å². The molecule has 1 unspecified atom stereocenters. The number of nitrogens with one attached hydrogen (secondary N) is 1. The van der Waals surface area contributed by atoms with Gasteiger partial charge >= 0.3 is 0 Å². The SMILES string of the molecule is CN(C)Cc1cc(C2CCCN2C(=O)c2cc3ccc(N(C)C)cc3[nH]2)nn1C. The molecule has 0 saturated carbocycles. The van der Waals surface area contributed by atoms with E-state index in [9.17, 15) is 4.79 Å². The van der Waals surface area contributed by atoms with Crippen LogP contribution in [0.25, 0.3) is 10.9 Å². The minimum absolute atomic E-state index is 0.0355. The summed E-state index contributed by atoms with van der Waals surface area (Å²) in [6.07, 6.45) is 1.95. The van der Waals surface area contributed by atoms with Gasteiger partial charge in [0.15, 0.2) is 0 Å². The van der Waals surface area contributed by atoms with Crippen molar-refractivity contribution >= 4 is 22.5 Å². The molecule has 0 spiro atoms. The van der Waals surface area contributed by atoms with Crippen molar-refractivity contribution in [2.45, 2.75) is 25.4 Å². The molecule has 3 heterocycles. The molecule has 154 valence electrons. The molecule has 1 aliphatic heterocycles. The monoisotopic (exact) mass is 394 g/mol. The highest BCUT2D eigenvalue weighted by atomic mass is 16.2. The first-order chi connectivity index (χ1) is 13.8. The average Bonchev–Trinajstić information content (AvgIpc) is 3.38. The third-order valence-corrected chi connectivity index (χ3v) is 5.68. The lowest BCUT2D eigenvalue weighted by atomic mass is 10.1. The number of aromatic nitrogens is 3. The number of anilines is 1. The van der Waals surface area contributed by atoms with E-state index >= 15 is 0 Å². The Labute approximate surface area is 171 Å². The van der Waals surface area contributed by atoms with Crippen molar-refractivity contribution < 1.29 is 4.79 Å². The Morgan fingerprint density at radius 2 is 2.00 bits per heavy atom. The molecule has 2 aromatic heterocycles. The van der Waals surface area contributed by atoms with Crippen LogP contribution >= 0.6 is 0 Å². The normalized spacial score (nSPS) is 16.9. The average molecular weight is 395 g/mol. The summed E-state index contributed by atoms with van der Waals surface area (Å²) < 4.78 is 1.93. The number of aryl methyl sites for hydroxylation is 1. The highest BCUT2D eigenvalue weighted by Crippen LogP contribution is 2.33. The minimum Gasteiger partial charge on any atom is -0.378 e. The molecule has 1 aromatic carbocycles. The fourth-order valence-corrected chi connectivity index (χ4v) is 4.15. The van der Waals surface area contributed by atoms with Crippen molar-refractivity contribution in [3.8, 4) is 0 Å². The molecule has 7 heteroatoms. The molecule has 4 rings (SSSR count). The van der Waals surface area contributed by atoms with Gasteiger partial charge in [-0.15, -0.1) is 0 Å². The van der Waals surface area contributed by atoms with Crippen LogP contribution in [-0.2, 0) is 13.6 Å². The van der Waals surface area contributed by atoms with E-state index in [1.807, 2.05) is 36.8 Å². The Morgan fingerprint density at radius 3 is 2.72 bits per heavy atom. The molecular weight excluding hydrogens is 364 g/mol. The van der Waals surface area contributed by atoms with Crippen LogP contribution in [0.1, 0.15) is 40.8 Å². The van der Waals surface area contributed by atoms with Crippen molar-refractivity contribution in [2.24, 2.45) is 7.05 Å². The lowest BCUT2D eigenvalue weighted by Crippen LogP contribution is -2.31. The maximum atomic E-state index is 13.3. The summed E-state index contributed by atoms with van der Waals surface area (Å²) in [5.74, 6) is 0.0508. The van der Waals surface area contributed by atoms with Gasteiger partial charge in [-0.05, 0) is 51.2 Å². The van der Waals surface area contributed by atoms with Crippen molar-refractivity contribution in [2.75, 3.05) is 39.6 Å². The summed E-state index contributed by atoms with van der Waals surface area (Å²) in [6, 6.07) is 10.4. The standard InChI is InChI=1S/C22H30N6O/c1-25(2)14-17-13-19(24-27(17)5)21-7-6-10-28(21)22(29)20-11-15-8-9-16(26(3)4)12-18(15)23-20/h8-9,11-13,21,23H,6-7,10,14H2,1-5H3. The summed E-state index contributed by atoms with van der Waals surface area (Å²) in [5, 5.41) is 5.78. The van der Waals surface area contributed by atoms with E-state index in [1.165, 1.54) is 0 Å². The molecule has 1 saturated heterocycles. The van der Waals surface area contributed by atoms with E-state index in [0.29, 0.717) is 5.69 Å². The van der Waals surface area contributed by atoms with Gasteiger partial charge in [-0.3, -0.25) is 9.48 Å². The summed E-state index contributed by atoms with van der Waals surface area (Å²) in [6.45, 7) is 1.60. The second-order valence-corrected chi connectivity index (χ2v) is 8.43.